The van der Waals surface area contributed by atoms with Crippen LogP contribution in [0, 0.1) is 13.8 Å². The van der Waals surface area contributed by atoms with E-state index in [1.54, 1.807) is 6.33 Å². The molecular formula is C24H37N7O. The van der Waals surface area contributed by atoms with E-state index in [4.69, 9.17) is 5.10 Å². The molecule has 2 aromatic rings. The lowest BCUT2D eigenvalue weighted by Crippen LogP contribution is -2.48. The summed E-state index contributed by atoms with van der Waals surface area (Å²) in [6.07, 6.45) is 9.08. The molecule has 2 fully saturated rings. The van der Waals surface area contributed by atoms with E-state index < -0.39 is 0 Å². The molecule has 0 unspecified atom stereocenters. The van der Waals surface area contributed by atoms with Crippen molar-refractivity contribution >= 4 is 11.7 Å². The average Bonchev–Trinajstić information content (AvgIpc) is 3.11. The van der Waals surface area contributed by atoms with Crippen LogP contribution in [-0.4, -0.2) is 81.8 Å². The standard InChI is InChI=1S/C24H37N7O/c1-18-21(19(2)31(27-18)23-16-22(28(3)4)25-17-26-23)8-9-24(32)30-14-10-20(11-15-30)29-12-6-5-7-13-29/h16-17,20H,5-15H2,1-4H3. The Hall–Kier alpha value is -2.48. The van der Waals surface area contributed by atoms with Crippen LogP contribution in [0.5, 0.6) is 0 Å². The molecule has 0 N–H and O–H groups in total. The molecule has 0 bridgehead atoms. The largest absolute Gasteiger partial charge is 0.363 e. The molecular weight excluding hydrogens is 402 g/mol. The highest BCUT2D eigenvalue weighted by Crippen LogP contribution is 2.23. The maximum Gasteiger partial charge on any atom is 0.222 e. The first-order valence-electron chi connectivity index (χ1n) is 12.0. The van der Waals surface area contributed by atoms with Crippen molar-refractivity contribution in [1.29, 1.82) is 0 Å². The predicted molar refractivity (Wildman–Crippen MR) is 126 cm³/mol. The number of anilines is 1. The number of hydrogen-bond donors (Lipinski definition) is 0. The van der Waals surface area contributed by atoms with Crippen LogP contribution in [0.15, 0.2) is 12.4 Å². The van der Waals surface area contributed by atoms with Crippen molar-refractivity contribution in [2.45, 2.75) is 64.8 Å². The summed E-state index contributed by atoms with van der Waals surface area (Å²) in [5.74, 6) is 1.86. The van der Waals surface area contributed by atoms with Gasteiger partial charge in [0.15, 0.2) is 5.82 Å². The van der Waals surface area contributed by atoms with Gasteiger partial charge in [-0.15, -0.1) is 0 Å². The van der Waals surface area contributed by atoms with E-state index in [9.17, 15) is 4.79 Å². The number of rotatable bonds is 6. The van der Waals surface area contributed by atoms with Gasteiger partial charge in [0.1, 0.15) is 12.1 Å². The Morgan fingerprint density at radius 2 is 1.78 bits per heavy atom. The van der Waals surface area contributed by atoms with Crippen molar-refractivity contribution in [2.75, 3.05) is 45.2 Å². The minimum absolute atomic E-state index is 0.269. The van der Waals surface area contributed by atoms with Gasteiger partial charge in [0, 0.05) is 51.4 Å². The highest BCUT2D eigenvalue weighted by Gasteiger charge is 2.27. The molecule has 174 valence electrons. The smallest absolute Gasteiger partial charge is 0.222 e. The fourth-order valence-corrected chi connectivity index (χ4v) is 5.11. The van der Waals surface area contributed by atoms with Crippen LogP contribution in [-0.2, 0) is 11.2 Å². The molecule has 32 heavy (non-hydrogen) atoms. The van der Waals surface area contributed by atoms with Crippen LogP contribution in [0.4, 0.5) is 5.82 Å². The number of piperidine rings is 2. The Labute approximate surface area is 191 Å². The third-order valence-corrected chi connectivity index (χ3v) is 7.07. The molecule has 0 atom stereocenters. The molecule has 0 aromatic carbocycles. The van der Waals surface area contributed by atoms with Gasteiger partial charge < -0.3 is 14.7 Å². The quantitative estimate of drug-likeness (QED) is 0.689. The highest BCUT2D eigenvalue weighted by molar-refractivity contribution is 5.76. The summed E-state index contributed by atoms with van der Waals surface area (Å²) in [6, 6.07) is 2.60. The first kappa shape index (κ1) is 22.7. The highest BCUT2D eigenvalue weighted by atomic mass is 16.2. The number of amides is 1. The van der Waals surface area contributed by atoms with Crippen molar-refractivity contribution in [2.24, 2.45) is 0 Å². The van der Waals surface area contributed by atoms with Gasteiger partial charge in [-0.25, -0.2) is 14.6 Å². The maximum absolute atomic E-state index is 12.9. The Kier molecular flexibility index (Phi) is 7.08. The van der Waals surface area contributed by atoms with Gasteiger partial charge in [0.05, 0.1) is 5.69 Å². The maximum atomic E-state index is 12.9. The van der Waals surface area contributed by atoms with E-state index in [1.165, 1.54) is 32.4 Å². The summed E-state index contributed by atoms with van der Waals surface area (Å²) in [7, 11) is 3.92. The fourth-order valence-electron chi connectivity index (χ4n) is 5.11. The SMILES string of the molecule is Cc1nn(-c2cc(N(C)C)ncn2)c(C)c1CCC(=O)N1CCC(N2CCCCC2)CC1. The van der Waals surface area contributed by atoms with Gasteiger partial charge in [0.2, 0.25) is 5.91 Å². The first-order chi connectivity index (χ1) is 15.4. The van der Waals surface area contributed by atoms with Crippen LogP contribution in [0.25, 0.3) is 5.82 Å². The van der Waals surface area contributed by atoms with E-state index >= 15 is 0 Å². The average molecular weight is 440 g/mol. The topological polar surface area (TPSA) is 70.4 Å². The lowest BCUT2D eigenvalue weighted by molar-refractivity contribution is -0.132. The molecule has 2 aromatic heterocycles. The van der Waals surface area contributed by atoms with Crippen LogP contribution in [0.3, 0.4) is 0 Å². The van der Waals surface area contributed by atoms with Crippen LogP contribution < -0.4 is 4.90 Å². The first-order valence-corrected chi connectivity index (χ1v) is 12.0. The zero-order valence-electron chi connectivity index (χ0n) is 20.0. The molecule has 8 nitrogen and oxygen atoms in total. The van der Waals surface area contributed by atoms with Gasteiger partial charge in [-0.05, 0) is 64.6 Å². The van der Waals surface area contributed by atoms with Crippen LogP contribution in [0.2, 0.25) is 0 Å². The summed E-state index contributed by atoms with van der Waals surface area (Å²) in [6.45, 7) is 8.34. The third-order valence-electron chi connectivity index (χ3n) is 7.07. The second kappa shape index (κ2) is 9.98. The summed E-state index contributed by atoms with van der Waals surface area (Å²) < 4.78 is 1.87. The van der Waals surface area contributed by atoms with Gasteiger partial charge >= 0.3 is 0 Å². The zero-order chi connectivity index (χ0) is 22.7. The lowest BCUT2D eigenvalue weighted by atomic mass is 9.99. The summed E-state index contributed by atoms with van der Waals surface area (Å²) in [4.78, 5) is 28.3. The Bertz CT molecular complexity index is 924. The van der Waals surface area contributed by atoms with Crippen molar-refractivity contribution in [3.8, 4) is 5.82 Å². The molecule has 1 amide bonds. The van der Waals surface area contributed by atoms with Crippen LogP contribution >= 0.6 is 0 Å². The molecule has 4 heterocycles. The Morgan fingerprint density at radius 3 is 2.47 bits per heavy atom. The second-order valence-electron chi connectivity index (χ2n) is 9.40. The van der Waals surface area contributed by atoms with Crippen molar-refractivity contribution < 1.29 is 4.79 Å². The van der Waals surface area contributed by atoms with E-state index in [2.05, 4.69) is 26.7 Å². The Morgan fingerprint density at radius 1 is 1.06 bits per heavy atom. The van der Waals surface area contributed by atoms with Gasteiger partial charge in [-0.2, -0.15) is 5.10 Å². The predicted octanol–water partition coefficient (Wildman–Crippen LogP) is 2.75. The van der Waals surface area contributed by atoms with Gasteiger partial charge in [-0.1, -0.05) is 6.42 Å². The second-order valence-corrected chi connectivity index (χ2v) is 9.40. The normalized spacial score (nSPS) is 18.2. The van der Waals surface area contributed by atoms with Crippen molar-refractivity contribution in [3.05, 3.63) is 29.3 Å². The molecule has 0 saturated carbocycles. The molecule has 0 aliphatic carbocycles. The van der Waals surface area contributed by atoms with Gasteiger partial charge in [-0.3, -0.25) is 4.79 Å². The lowest BCUT2D eigenvalue weighted by Gasteiger charge is -2.40. The molecule has 2 aliphatic rings. The van der Waals surface area contributed by atoms with E-state index in [0.29, 0.717) is 18.9 Å². The van der Waals surface area contributed by atoms with Gasteiger partial charge in [0.25, 0.3) is 0 Å². The molecule has 0 radical (unpaired) electrons. The fraction of sp³-hybridized carbons (Fsp3) is 0.667. The minimum Gasteiger partial charge on any atom is -0.363 e. The third kappa shape index (κ3) is 4.95. The number of carbonyl (C=O) groups excluding carboxylic acids is 1. The number of carbonyl (C=O) groups is 1. The minimum atomic E-state index is 0.269. The molecule has 2 aliphatic heterocycles. The van der Waals surface area contributed by atoms with Crippen molar-refractivity contribution in [1.82, 2.24) is 29.5 Å². The molecule has 0 spiro atoms. The molecule has 2 saturated heterocycles. The number of aryl methyl sites for hydroxylation is 1. The number of likely N-dealkylation sites (tertiary alicyclic amines) is 2. The molecule has 4 rings (SSSR count). The summed E-state index contributed by atoms with van der Waals surface area (Å²) in [5, 5.41) is 4.71. The van der Waals surface area contributed by atoms with E-state index in [1.807, 2.05) is 36.7 Å². The summed E-state index contributed by atoms with van der Waals surface area (Å²) in [5.41, 5.74) is 3.15. The molecule has 8 heteroatoms. The van der Waals surface area contributed by atoms with Crippen LogP contribution in [0.1, 0.15) is 55.5 Å². The number of hydrogen-bond acceptors (Lipinski definition) is 6. The number of aromatic nitrogens is 4. The van der Waals surface area contributed by atoms with E-state index in [0.717, 1.165) is 54.5 Å². The monoisotopic (exact) mass is 439 g/mol. The zero-order valence-corrected chi connectivity index (χ0v) is 20.0. The van der Waals surface area contributed by atoms with Crippen molar-refractivity contribution in [3.63, 3.8) is 0 Å². The Balaban J connectivity index is 1.35. The van der Waals surface area contributed by atoms with E-state index in [-0.39, 0.29) is 5.91 Å². The summed E-state index contributed by atoms with van der Waals surface area (Å²) >= 11 is 0. The number of nitrogens with zero attached hydrogens (tertiary/aromatic N) is 7.